The van der Waals surface area contributed by atoms with Gasteiger partial charge in [0, 0.05) is 32.0 Å². The lowest BCUT2D eigenvalue weighted by atomic mass is 10.0. The zero-order valence-corrected chi connectivity index (χ0v) is 12.4. The molecule has 0 bridgehead atoms. The van der Waals surface area contributed by atoms with Crippen LogP contribution >= 0.6 is 11.6 Å². The Labute approximate surface area is 126 Å². The number of piperidine rings is 1. The van der Waals surface area contributed by atoms with Crippen LogP contribution in [0.4, 0.5) is 0 Å². The van der Waals surface area contributed by atoms with Gasteiger partial charge in [-0.15, -0.1) is 11.6 Å². The number of halogens is 1. The zero-order valence-electron chi connectivity index (χ0n) is 11.6. The van der Waals surface area contributed by atoms with Crippen LogP contribution in [0.15, 0.2) is 18.5 Å². The Morgan fingerprint density at radius 1 is 1.43 bits per heavy atom. The standard InChI is InChI=1S/C14H15ClN4O2/c1-18-13(20)3-2-11(14(18)21)19-10-5-7-16-8-9(10)17-12(19)4-6-15/h5,7-8,11H,2-4,6H2,1H3. The summed E-state index contributed by atoms with van der Waals surface area (Å²) in [6.45, 7) is 0. The molecule has 1 aliphatic rings. The Hall–Kier alpha value is -1.95. The molecule has 110 valence electrons. The van der Waals surface area contributed by atoms with Gasteiger partial charge < -0.3 is 4.57 Å². The number of likely N-dealkylation sites (tertiary alicyclic amines) is 1. The van der Waals surface area contributed by atoms with E-state index in [0.717, 1.165) is 16.9 Å². The molecule has 0 aromatic carbocycles. The van der Waals surface area contributed by atoms with Crippen LogP contribution < -0.4 is 0 Å². The Kier molecular flexibility index (Phi) is 3.63. The second-order valence-corrected chi connectivity index (χ2v) is 5.42. The molecule has 0 saturated carbocycles. The van der Waals surface area contributed by atoms with E-state index in [1.807, 2.05) is 10.6 Å². The molecule has 7 heteroatoms. The highest BCUT2D eigenvalue weighted by atomic mass is 35.5. The number of imide groups is 1. The van der Waals surface area contributed by atoms with Crippen molar-refractivity contribution in [2.45, 2.75) is 25.3 Å². The van der Waals surface area contributed by atoms with Crippen LogP contribution in [0.25, 0.3) is 11.0 Å². The number of likely N-dealkylation sites (N-methyl/N-ethyl adjacent to an activating group) is 1. The smallest absolute Gasteiger partial charge is 0.252 e. The minimum Gasteiger partial charge on any atom is -0.315 e. The predicted octanol–water partition coefficient (Wildman–Crippen LogP) is 1.53. The van der Waals surface area contributed by atoms with Gasteiger partial charge in [0.05, 0.1) is 11.7 Å². The minimum atomic E-state index is -0.404. The number of hydrogen-bond donors (Lipinski definition) is 0. The van der Waals surface area contributed by atoms with Crippen LogP contribution in [0.3, 0.4) is 0 Å². The molecule has 0 N–H and O–H groups in total. The van der Waals surface area contributed by atoms with Gasteiger partial charge in [-0.2, -0.15) is 0 Å². The van der Waals surface area contributed by atoms with Crippen molar-refractivity contribution in [3.8, 4) is 0 Å². The van der Waals surface area contributed by atoms with Crippen molar-refractivity contribution in [1.82, 2.24) is 19.4 Å². The largest absolute Gasteiger partial charge is 0.315 e. The van der Waals surface area contributed by atoms with Gasteiger partial charge >= 0.3 is 0 Å². The summed E-state index contributed by atoms with van der Waals surface area (Å²) in [4.78, 5) is 33.9. The fourth-order valence-electron chi connectivity index (χ4n) is 2.75. The van der Waals surface area contributed by atoms with Crippen molar-refractivity contribution >= 4 is 34.4 Å². The molecule has 3 heterocycles. The molecule has 1 aliphatic heterocycles. The molecule has 2 amide bonds. The summed E-state index contributed by atoms with van der Waals surface area (Å²) in [7, 11) is 1.53. The molecule has 1 atom stereocenters. The van der Waals surface area contributed by atoms with E-state index in [0.29, 0.717) is 25.1 Å². The van der Waals surface area contributed by atoms with Crippen LogP contribution in [0, 0.1) is 0 Å². The molecular formula is C14H15ClN4O2. The molecule has 1 fully saturated rings. The van der Waals surface area contributed by atoms with Crippen molar-refractivity contribution in [3.63, 3.8) is 0 Å². The maximum atomic E-state index is 12.4. The third-order valence-corrected chi connectivity index (χ3v) is 4.00. The number of carbonyl (C=O) groups is 2. The fraction of sp³-hybridized carbons (Fsp3) is 0.429. The summed E-state index contributed by atoms with van der Waals surface area (Å²) < 4.78 is 1.91. The average Bonchev–Trinajstić information content (AvgIpc) is 2.84. The molecule has 21 heavy (non-hydrogen) atoms. The van der Waals surface area contributed by atoms with E-state index < -0.39 is 6.04 Å². The first kappa shape index (κ1) is 14.0. The van der Waals surface area contributed by atoms with Crippen LogP contribution in [-0.2, 0) is 16.0 Å². The van der Waals surface area contributed by atoms with Crippen LogP contribution in [0.5, 0.6) is 0 Å². The molecule has 6 nitrogen and oxygen atoms in total. The first-order valence-electron chi connectivity index (χ1n) is 6.80. The van der Waals surface area contributed by atoms with E-state index in [-0.39, 0.29) is 11.8 Å². The van der Waals surface area contributed by atoms with Gasteiger partial charge in [-0.1, -0.05) is 0 Å². The Morgan fingerprint density at radius 2 is 2.24 bits per heavy atom. The molecular weight excluding hydrogens is 292 g/mol. The van der Waals surface area contributed by atoms with Gasteiger partial charge in [0.2, 0.25) is 5.91 Å². The lowest BCUT2D eigenvalue weighted by molar-refractivity contribution is -0.149. The van der Waals surface area contributed by atoms with E-state index in [1.54, 1.807) is 12.4 Å². The van der Waals surface area contributed by atoms with Gasteiger partial charge in [-0.3, -0.25) is 19.5 Å². The number of aryl methyl sites for hydroxylation is 1. The highest BCUT2D eigenvalue weighted by molar-refractivity contribution is 6.18. The molecule has 1 unspecified atom stereocenters. The van der Waals surface area contributed by atoms with E-state index in [1.165, 1.54) is 11.9 Å². The Morgan fingerprint density at radius 3 is 3.00 bits per heavy atom. The van der Waals surface area contributed by atoms with Crippen LogP contribution in [0.2, 0.25) is 0 Å². The summed E-state index contributed by atoms with van der Waals surface area (Å²) in [5.74, 6) is 0.848. The zero-order chi connectivity index (χ0) is 15.0. The monoisotopic (exact) mass is 306 g/mol. The highest BCUT2D eigenvalue weighted by Gasteiger charge is 2.34. The highest BCUT2D eigenvalue weighted by Crippen LogP contribution is 2.29. The third-order valence-electron chi connectivity index (χ3n) is 3.82. The van der Waals surface area contributed by atoms with Gasteiger partial charge in [0.1, 0.15) is 17.4 Å². The number of imidazole rings is 1. The topological polar surface area (TPSA) is 68.1 Å². The van der Waals surface area contributed by atoms with E-state index >= 15 is 0 Å². The second kappa shape index (κ2) is 5.44. The number of fused-ring (bicyclic) bond motifs is 1. The number of carbonyl (C=O) groups excluding carboxylic acids is 2. The van der Waals surface area contributed by atoms with Crippen LogP contribution in [0.1, 0.15) is 24.7 Å². The lowest BCUT2D eigenvalue weighted by Crippen LogP contribution is -2.43. The van der Waals surface area contributed by atoms with Crippen LogP contribution in [-0.4, -0.2) is 44.2 Å². The van der Waals surface area contributed by atoms with E-state index in [9.17, 15) is 9.59 Å². The summed E-state index contributed by atoms with van der Waals surface area (Å²) >= 11 is 5.84. The summed E-state index contributed by atoms with van der Waals surface area (Å²) in [6.07, 6.45) is 4.76. The fourth-order valence-corrected chi connectivity index (χ4v) is 2.92. The number of amides is 2. The molecule has 2 aromatic rings. The number of rotatable bonds is 3. The summed E-state index contributed by atoms with van der Waals surface area (Å²) in [5.41, 5.74) is 1.59. The Bertz CT molecular complexity index is 712. The Balaban J connectivity index is 2.12. The quantitative estimate of drug-likeness (QED) is 0.637. The van der Waals surface area contributed by atoms with Gasteiger partial charge in [-0.25, -0.2) is 4.98 Å². The summed E-state index contributed by atoms with van der Waals surface area (Å²) in [5, 5.41) is 0. The number of nitrogens with zero attached hydrogens (tertiary/aromatic N) is 4. The number of alkyl halides is 1. The SMILES string of the molecule is CN1C(=O)CCC(n2c(CCCl)nc3cnccc32)C1=O. The number of pyridine rings is 1. The molecule has 1 saturated heterocycles. The molecule has 0 spiro atoms. The van der Waals surface area contributed by atoms with E-state index in [2.05, 4.69) is 9.97 Å². The first-order valence-corrected chi connectivity index (χ1v) is 7.34. The van der Waals surface area contributed by atoms with Crippen molar-refractivity contribution in [1.29, 1.82) is 0 Å². The van der Waals surface area contributed by atoms with Gasteiger partial charge in [0.15, 0.2) is 0 Å². The molecule has 3 rings (SSSR count). The molecule has 2 aromatic heterocycles. The van der Waals surface area contributed by atoms with Gasteiger partial charge in [0.25, 0.3) is 5.91 Å². The molecule has 0 radical (unpaired) electrons. The maximum absolute atomic E-state index is 12.4. The van der Waals surface area contributed by atoms with Gasteiger partial charge in [-0.05, 0) is 12.5 Å². The first-order chi connectivity index (χ1) is 10.1. The number of aromatic nitrogens is 3. The summed E-state index contributed by atoms with van der Waals surface area (Å²) in [6, 6.07) is 1.43. The predicted molar refractivity (Wildman–Crippen MR) is 78.0 cm³/mol. The van der Waals surface area contributed by atoms with Crippen molar-refractivity contribution in [2.24, 2.45) is 0 Å². The normalized spacial score (nSPS) is 19.5. The maximum Gasteiger partial charge on any atom is 0.252 e. The molecule has 0 aliphatic carbocycles. The lowest BCUT2D eigenvalue weighted by Gasteiger charge is -2.29. The minimum absolute atomic E-state index is 0.138. The van der Waals surface area contributed by atoms with E-state index in [4.69, 9.17) is 11.6 Å². The van der Waals surface area contributed by atoms with Crippen molar-refractivity contribution in [2.75, 3.05) is 12.9 Å². The van der Waals surface area contributed by atoms with Crippen molar-refractivity contribution in [3.05, 3.63) is 24.3 Å². The van der Waals surface area contributed by atoms with Crippen molar-refractivity contribution < 1.29 is 9.59 Å². The number of hydrogen-bond acceptors (Lipinski definition) is 4. The second-order valence-electron chi connectivity index (χ2n) is 5.05. The average molecular weight is 307 g/mol. The third kappa shape index (κ3) is 2.29.